The lowest BCUT2D eigenvalue weighted by Crippen LogP contribution is -2.37. The van der Waals surface area contributed by atoms with E-state index in [1.165, 1.54) is 24.2 Å². The molecule has 6 heteroatoms. The van der Waals surface area contributed by atoms with Crippen LogP contribution in [0.3, 0.4) is 0 Å². The minimum Gasteiger partial charge on any atom is -0.375 e. The molecule has 0 aromatic carbocycles. The Kier molecular flexibility index (Phi) is 5.10. The van der Waals surface area contributed by atoms with Gasteiger partial charge in [-0.3, -0.25) is 4.79 Å². The van der Waals surface area contributed by atoms with Crippen LogP contribution in [0.4, 0.5) is 5.13 Å². The zero-order chi connectivity index (χ0) is 13.8. The molecule has 0 aliphatic carbocycles. The van der Waals surface area contributed by atoms with Crippen LogP contribution in [-0.2, 0) is 4.79 Å². The summed E-state index contributed by atoms with van der Waals surface area (Å²) in [6.45, 7) is 5.74. The van der Waals surface area contributed by atoms with E-state index in [9.17, 15) is 4.79 Å². The molecule has 19 heavy (non-hydrogen) atoms. The highest BCUT2D eigenvalue weighted by atomic mass is 32.2. The summed E-state index contributed by atoms with van der Waals surface area (Å²) in [7, 11) is 0. The van der Waals surface area contributed by atoms with Crippen LogP contribution >= 0.6 is 23.1 Å². The van der Waals surface area contributed by atoms with Gasteiger partial charge in [-0.25, -0.2) is 4.98 Å². The molecule has 1 saturated heterocycles. The number of aryl methyl sites for hydroxylation is 1. The monoisotopic (exact) mass is 299 g/mol. The lowest BCUT2D eigenvalue weighted by molar-refractivity contribution is -0.130. The third-order valence-electron chi connectivity index (χ3n) is 3.32. The van der Waals surface area contributed by atoms with Gasteiger partial charge in [-0.1, -0.05) is 24.2 Å². The highest BCUT2D eigenvalue weighted by Gasteiger charge is 2.23. The number of nitrogens with zero attached hydrogens (tertiary/aromatic N) is 2. The molecule has 1 aromatic rings. The highest BCUT2D eigenvalue weighted by Crippen LogP contribution is 2.34. The highest BCUT2D eigenvalue weighted by molar-refractivity contribution is 8.02. The fraction of sp³-hybridized carbons (Fsp3) is 0.692. The zero-order valence-electron chi connectivity index (χ0n) is 11.5. The summed E-state index contributed by atoms with van der Waals surface area (Å²) in [6, 6.07) is 0. The maximum Gasteiger partial charge on any atom is 0.235 e. The SMILES string of the molecule is Cc1nc(N)sc1SC(C)C(=O)N1CCCCCC1. The number of thioether (sulfide) groups is 1. The molecule has 0 spiro atoms. The first kappa shape index (κ1) is 14.7. The van der Waals surface area contributed by atoms with Crippen molar-refractivity contribution in [1.82, 2.24) is 9.88 Å². The number of thiazole rings is 1. The van der Waals surface area contributed by atoms with Crippen LogP contribution in [0.5, 0.6) is 0 Å². The van der Waals surface area contributed by atoms with Crippen LogP contribution in [0.15, 0.2) is 4.21 Å². The third kappa shape index (κ3) is 3.86. The Morgan fingerprint density at radius 2 is 2.00 bits per heavy atom. The summed E-state index contributed by atoms with van der Waals surface area (Å²) in [6.07, 6.45) is 4.76. The largest absolute Gasteiger partial charge is 0.375 e. The summed E-state index contributed by atoms with van der Waals surface area (Å²) in [4.78, 5) is 18.7. The lowest BCUT2D eigenvalue weighted by atomic mass is 10.2. The topological polar surface area (TPSA) is 59.2 Å². The summed E-state index contributed by atoms with van der Waals surface area (Å²) in [5, 5.41) is 0.520. The molecular weight excluding hydrogens is 278 g/mol. The van der Waals surface area contributed by atoms with Crippen molar-refractivity contribution in [2.24, 2.45) is 0 Å². The Morgan fingerprint density at radius 3 is 2.53 bits per heavy atom. The van der Waals surface area contributed by atoms with E-state index in [0.717, 1.165) is 35.8 Å². The zero-order valence-corrected chi connectivity index (χ0v) is 13.1. The Bertz CT molecular complexity index is 439. The molecule has 2 N–H and O–H groups in total. The van der Waals surface area contributed by atoms with Crippen molar-refractivity contribution in [1.29, 1.82) is 0 Å². The Balaban J connectivity index is 1.96. The van der Waals surface area contributed by atoms with E-state index < -0.39 is 0 Å². The molecule has 0 radical (unpaired) electrons. The Labute approximate surface area is 122 Å². The summed E-state index contributed by atoms with van der Waals surface area (Å²) < 4.78 is 1.06. The average molecular weight is 299 g/mol. The molecule has 1 aromatic heterocycles. The van der Waals surface area contributed by atoms with Crippen molar-refractivity contribution < 1.29 is 4.79 Å². The van der Waals surface area contributed by atoms with Gasteiger partial charge in [0.2, 0.25) is 5.91 Å². The van der Waals surface area contributed by atoms with Crippen molar-refractivity contribution in [3.63, 3.8) is 0 Å². The quantitative estimate of drug-likeness (QED) is 0.872. The molecule has 0 bridgehead atoms. The van der Waals surface area contributed by atoms with Gasteiger partial charge in [-0.05, 0) is 26.7 Å². The molecular formula is C13H21N3OS2. The van der Waals surface area contributed by atoms with Gasteiger partial charge >= 0.3 is 0 Å². The van der Waals surface area contributed by atoms with Crippen LogP contribution < -0.4 is 5.73 Å². The number of carbonyl (C=O) groups excluding carboxylic acids is 1. The van der Waals surface area contributed by atoms with Crippen LogP contribution in [0.1, 0.15) is 38.3 Å². The van der Waals surface area contributed by atoms with E-state index >= 15 is 0 Å². The molecule has 2 heterocycles. The molecule has 0 saturated carbocycles. The maximum atomic E-state index is 12.4. The lowest BCUT2D eigenvalue weighted by Gasteiger charge is -2.23. The first-order chi connectivity index (χ1) is 9.08. The summed E-state index contributed by atoms with van der Waals surface area (Å²) in [5.41, 5.74) is 6.63. The van der Waals surface area contributed by atoms with E-state index in [1.54, 1.807) is 11.8 Å². The minimum absolute atomic E-state index is 0.0587. The predicted octanol–water partition coefficient (Wildman–Crippen LogP) is 2.92. The second-order valence-corrected chi connectivity index (χ2v) is 7.56. The minimum atomic E-state index is -0.0587. The van der Waals surface area contributed by atoms with Gasteiger partial charge in [-0.15, -0.1) is 11.8 Å². The molecule has 2 rings (SSSR count). The second kappa shape index (κ2) is 6.61. The van der Waals surface area contributed by atoms with Crippen LogP contribution in [0, 0.1) is 6.92 Å². The number of amides is 1. The van der Waals surface area contributed by atoms with Gasteiger partial charge in [0, 0.05) is 13.1 Å². The number of rotatable bonds is 3. The number of likely N-dealkylation sites (tertiary alicyclic amines) is 1. The van der Waals surface area contributed by atoms with Crippen LogP contribution in [-0.4, -0.2) is 34.1 Å². The number of hydrogen-bond donors (Lipinski definition) is 1. The van der Waals surface area contributed by atoms with Crippen molar-refractivity contribution in [3.8, 4) is 0 Å². The van der Waals surface area contributed by atoms with E-state index in [1.807, 2.05) is 18.7 Å². The molecule has 1 aliphatic heterocycles. The number of nitrogens with two attached hydrogens (primary N) is 1. The maximum absolute atomic E-state index is 12.4. The smallest absolute Gasteiger partial charge is 0.235 e. The average Bonchev–Trinajstić information content (AvgIpc) is 2.61. The van der Waals surface area contributed by atoms with E-state index in [4.69, 9.17) is 5.73 Å². The van der Waals surface area contributed by atoms with E-state index in [2.05, 4.69) is 4.98 Å². The fourth-order valence-electron chi connectivity index (χ4n) is 2.27. The van der Waals surface area contributed by atoms with Gasteiger partial charge in [0.05, 0.1) is 15.2 Å². The molecule has 1 amide bonds. The molecule has 1 aliphatic rings. The number of aromatic nitrogens is 1. The first-order valence-corrected chi connectivity index (χ1v) is 8.46. The molecule has 1 fully saturated rings. The third-order valence-corrected chi connectivity index (χ3v) is 5.70. The van der Waals surface area contributed by atoms with Crippen LogP contribution in [0.25, 0.3) is 0 Å². The van der Waals surface area contributed by atoms with Crippen LogP contribution in [0.2, 0.25) is 0 Å². The van der Waals surface area contributed by atoms with Gasteiger partial charge in [0.25, 0.3) is 0 Å². The predicted molar refractivity (Wildman–Crippen MR) is 81.6 cm³/mol. The number of carbonyl (C=O) groups is 1. The Hall–Kier alpha value is -0.750. The number of anilines is 1. The van der Waals surface area contributed by atoms with Gasteiger partial charge in [-0.2, -0.15) is 0 Å². The molecule has 4 nitrogen and oxygen atoms in total. The van der Waals surface area contributed by atoms with E-state index in [0.29, 0.717) is 5.13 Å². The van der Waals surface area contributed by atoms with Crippen molar-refractivity contribution in [3.05, 3.63) is 5.69 Å². The Morgan fingerprint density at radius 1 is 1.37 bits per heavy atom. The van der Waals surface area contributed by atoms with Gasteiger partial charge in [0.15, 0.2) is 5.13 Å². The van der Waals surface area contributed by atoms with Crippen molar-refractivity contribution in [2.45, 2.75) is 49.0 Å². The van der Waals surface area contributed by atoms with Gasteiger partial charge < -0.3 is 10.6 Å². The molecule has 1 unspecified atom stereocenters. The van der Waals surface area contributed by atoms with Gasteiger partial charge in [0.1, 0.15) is 0 Å². The van der Waals surface area contributed by atoms with Crippen molar-refractivity contribution in [2.75, 3.05) is 18.8 Å². The van der Waals surface area contributed by atoms with E-state index in [-0.39, 0.29) is 11.2 Å². The normalized spacial score (nSPS) is 18.1. The fourth-order valence-corrected chi connectivity index (χ4v) is 4.51. The summed E-state index contributed by atoms with van der Waals surface area (Å²) >= 11 is 3.05. The number of nitrogen functional groups attached to an aromatic ring is 1. The standard InChI is InChI=1S/C13H21N3OS2/c1-9-12(19-13(14)15-9)18-10(2)11(17)16-7-5-3-4-6-8-16/h10H,3-8H2,1-2H3,(H2,14,15). The first-order valence-electron chi connectivity index (χ1n) is 6.76. The second-order valence-electron chi connectivity index (χ2n) is 4.92. The molecule has 1 atom stereocenters. The number of hydrogen-bond acceptors (Lipinski definition) is 5. The summed E-state index contributed by atoms with van der Waals surface area (Å²) in [5.74, 6) is 0.248. The van der Waals surface area contributed by atoms with Crippen molar-refractivity contribution >= 4 is 34.1 Å². The molecule has 106 valence electrons.